The van der Waals surface area contributed by atoms with Crippen LogP contribution in [0.5, 0.6) is 0 Å². The van der Waals surface area contributed by atoms with Gasteiger partial charge in [-0.25, -0.2) is 0 Å². The summed E-state index contributed by atoms with van der Waals surface area (Å²) in [6, 6.07) is 0. The van der Waals surface area contributed by atoms with Gasteiger partial charge in [-0.2, -0.15) is 0 Å². The first kappa shape index (κ1) is 8.71. The van der Waals surface area contributed by atoms with Gasteiger partial charge in [-0.1, -0.05) is 0 Å². The molecule has 3 heteroatoms. The van der Waals surface area contributed by atoms with Crippen LogP contribution in [0.3, 0.4) is 0 Å². The summed E-state index contributed by atoms with van der Waals surface area (Å²) in [5, 5.41) is 0. The Balaban J connectivity index is 1.79. The van der Waals surface area contributed by atoms with Crippen LogP contribution in [0.25, 0.3) is 0 Å². The molecule has 82 valence electrons. The number of Topliss-reactive ketones (excluding diaryl/α,β-unsaturated/α-hetero) is 1. The maximum atomic E-state index is 12.2. The van der Waals surface area contributed by atoms with Crippen molar-refractivity contribution in [1.29, 1.82) is 0 Å². The van der Waals surface area contributed by atoms with E-state index >= 15 is 0 Å². The van der Waals surface area contributed by atoms with Crippen molar-refractivity contribution < 1.29 is 14.3 Å². The summed E-state index contributed by atoms with van der Waals surface area (Å²) >= 11 is 0. The Morgan fingerprint density at radius 3 is 2.67 bits per heavy atom. The molecular weight excluding hydrogens is 192 g/mol. The first-order valence-electron chi connectivity index (χ1n) is 6.11. The van der Waals surface area contributed by atoms with E-state index in [2.05, 4.69) is 0 Å². The predicted molar refractivity (Wildman–Crippen MR) is 52.1 cm³/mol. The highest BCUT2D eigenvalue weighted by atomic mass is 16.7. The molecule has 4 saturated carbocycles. The highest BCUT2D eigenvalue weighted by molar-refractivity contribution is 5.86. The normalized spacial score (nSPS) is 50.5. The molecule has 0 N–H and O–H groups in total. The Hall–Kier alpha value is -0.410. The number of rotatable bonds is 0. The molecule has 5 fully saturated rings. The van der Waals surface area contributed by atoms with Gasteiger partial charge in [0, 0.05) is 11.8 Å². The lowest BCUT2D eigenvalue weighted by Gasteiger charge is -2.56. The van der Waals surface area contributed by atoms with Crippen LogP contribution in [0.4, 0.5) is 0 Å². The minimum Gasteiger partial charge on any atom is -0.346 e. The van der Waals surface area contributed by atoms with Crippen LogP contribution in [0.2, 0.25) is 0 Å². The van der Waals surface area contributed by atoms with Gasteiger partial charge in [-0.05, 0) is 31.6 Å². The summed E-state index contributed by atoms with van der Waals surface area (Å²) in [5.41, 5.74) is 0. The molecule has 0 aromatic carbocycles. The van der Waals surface area contributed by atoms with Crippen molar-refractivity contribution in [3.63, 3.8) is 0 Å². The summed E-state index contributed by atoms with van der Waals surface area (Å²) in [5.74, 6) is 1.63. The summed E-state index contributed by atoms with van der Waals surface area (Å²) < 4.78 is 11.7. The van der Waals surface area contributed by atoms with Crippen molar-refractivity contribution in [2.75, 3.05) is 13.2 Å². The standard InChI is InChI=1S/C12H16O3/c13-11-8-3-7-4-9(6-8)12(10(11)5-7)14-1-2-15-12/h7-10H,1-6H2. The van der Waals surface area contributed by atoms with Crippen LogP contribution in [0.1, 0.15) is 25.7 Å². The third kappa shape index (κ3) is 0.918. The molecule has 1 aliphatic heterocycles. The van der Waals surface area contributed by atoms with Crippen LogP contribution >= 0.6 is 0 Å². The van der Waals surface area contributed by atoms with Crippen LogP contribution in [-0.4, -0.2) is 24.8 Å². The molecule has 3 nitrogen and oxygen atoms in total. The molecular formula is C12H16O3. The number of hydrogen-bond acceptors (Lipinski definition) is 3. The topological polar surface area (TPSA) is 35.5 Å². The molecule has 0 aromatic heterocycles. The van der Waals surface area contributed by atoms with Crippen LogP contribution < -0.4 is 0 Å². The minimum atomic E-state index is -0.482. The maximum absolute atomic E-state index is 12.2. The lowest BCUT2D eigenvalue weighted by Crippen LogP contribution is -2.62. The number of hydrogen-bond donors (Lipinski definition) is 0. The van der Waals surface area contributed by atoms with Crippen LogP contribution in [0, 0.1) is 23.7 Å². The Morgan fingerprint density at radius 1 is 1.07 bits per heavy atom. The zero-order chi connectivity index (χ0) is 10.0. The van der Waals surface area contributed by atoms with Gasteiger partial charge in [-0.3, -0.25) is 4.79 Å². The van der Waals surface area contributed by atoms with E-state index < -0.39 is 5.79 Å². The predicted octanol–water partition coefficient (Wildman–Crippen LogP) is 1.36. The monoisotopic (exact) mass is 208 g/mol. The Bertz CT molecular complexity index is 319. The zero-order valence-electron chi connectivity index (χ0n) is 8.78. The van der Waals surface area contributed by atoms with Crippen molar-refractivity contribution in [3.05, 3.63) is 0 Å². The largest absolute Gasteiger partial charge is 0.346 e. The van der Waals surface area contributed by atoms with E-state index in [1.165, 1.54) is 6.42 Å². The third-order valence-corrected chi connectivity index (χ3v) is 4.91. The van der Waals surface area contributed by atoms with Crippen LogP contribution in [-0.2, 0) is 14.3 Å². The molecule has 1 heterocycles. The number of ether oxygens (including phenoxy) is 2. The first-order chi connectivity index (χ1) is 7.29. The van der Waals surface area contributed by atoms with E-state index in [-0.39, 0.29) is 5.92 Å². The van der Waals surface area contributed by atoms with Gasteiger partial charge in [-0.15, -0.1) is 0 Å². The Labute approximate surface area is 89.1 Å². The average Bonchev–Trinajstić information content (AvgIpc) is 2.71. The zero-order valence-corrected chi connectivity index (χ0v) is 8.78. The summed E-state index contributed by atoms with van der Waals surface area (Å²) in [6.07, 6.45) is 4.40. The molecule has 5 rings (SSSR count). The minimum absolute atomic E-state index is 0.0660. The molecule has 1 spiro atoms. The van der Waals surface area contributed by atoms with E-state index in [4.69, 9.17) is 9.47 Å². The molecule has 4 atom stereocenters. The summed E-state index contributed by atoms with van der Waals surface area (Å²) in [4.78, 5) is 12.2. The maximum Gasteiger partial charge on any atom is 0.181 e. The van der Waals surface area contributed by atoms with Gasteiger partial charge in [0.25, 0.3) is 0 Å². The number of carbonyl (C=O) groups is 1. The Kier molecular flexibility index (Phi) is 1.53. The fourth-order valence-electron chi connectivity index (χ4n) is 4.45. The third-order valence-electron chi connectivity index (χ3n) is 4.91. The second kappa shape index (κ2) is 2.64. The van der Waals surface area contributed by atoms with E-state index in [0.717, 1.165) is 25.2 Å². The number of carbonyl (C=O) groups excluding carboxylic acids is 1. The molecule has 5 aliphatic rings. The SMILES string of the molecule is O=C1C2CC3CC(C2)C2(OCCO2)C1C3. The Morgan fingerprint density at radius 2 is 1.87 bits per heavy atom. The van der Waals surface area contributed by atoms with Crippen molar-refractivity contribution in [3.8, 4) is 0 Å². The van der Waals surface area contributed by atoms with Gasteiger partial charge in [0.05, 0.1) is 19.1 Å². The molecule has 4 aliphatic carbocycles. The van der Waals surface area contributed by atoms with Crippen molar-refractivity contribution in [2.24, 2.45) is 23.7 Å². The second-order valence-electron chi connectivity index (χ2n) is 5.58. The van der Waals surface area contributed by atoms with Gasteiger partial charge in [0.2, 0.25) is 0 Å². The number of ketones is 1. The highest BCUT2D eigenvalue weighted by Gasteiger charge is 2.64. The quantitative estimate of drug-likeness (QED) is 0.603. The second-order valence-corrected chi connectivity index (χ2v) is 5.58. The average molecular weight is 208 g/mol. The molecule has 0 amide bonds. The highest BCUT2D eigenvalue weighted by Crippen LogP contribution is 2.59. The van der Waals surface area contributed by atoms with E-state index in [1.54, 1.807) is 0 Å². The summed E-state index contributed by atoms with van der Waals surface area (Å²) in [6.45, 7) is 1.35. The lowest BCUT2D eigenvalue weighted by atomic mass is 9.53. The first-order valence-corrected chi connectivity index (χ1v) is 6.11. The van der Waals surface area contributed by atoms with E-state index in [9.17, 15) is 4.79 Å². The fourth-order valence-corrected chi connectivity index (χ4v) is 4.45. The summed E-state index contributed by atoms with van der Waals surface area (Å²) in [7, 11) is 0. The molecule has 0 aromatic rings. The molecule has 1 saturated heterocycles. The van der Waals surface area contributed by atoms with E-state index in [1.807, 2.05) is 0 Å². The smallest absolute Gasteiger partial charge is 0.181 e. The molecule has 4 bridgehead atoms. The van der Waals surface area contributed by atoms with E-state index in [0.29, 0.717) is 30.8 Å². The molecule has 15 heavy (non-hydrogen) atoms. The van der Waals surface area contributed by atoms with Crippen LogP contribution in [0.15, 0.2) is 0 Å². The lowest BCUT2D eigenvalue weighted by molar-refractivity contribution is -0.273. The van der Waals surface area contributed by atoms with Gasteiger partial charge in [0.15, 0.2) is 5.79 Å². The van der Waals surface area contributed by atoms with Gasteiger partial charge in [0.1, 0.15) is 5.78 Å². The van der Waals surface area contributed by atoms with Gasteiger partial charge >= 0.3 is 0 Å². The van der Waals surface area contributed by atoms with Crippen molar-refractivity contribution in [2.45, 2.75) is 31.5 Å². The molecule has 0 radical (unpaired) electrons. The van der Waals surface area contributed by atoms with Crippen molar-refractivity contribution in [1.82, 2.24) is 0 Å². The molecule has 4 unspecified atom stereocenters. The fraction of sp³-hybridized carbons (Fsp3) is 0.917. The van der Waals surface area contributed by atoms with Crippen molar-refractivity contribution >= 4 is 5.78 Å². The van der Waals surface area contributed by atoms with Gasteiger partial charge < -0.3 is 9.47 Å².